The molecule has 1 aromatic heterocycles. The van der Waals surface area contributed by atoms with Crippen molar-refractivity contribution in [2.45, 2.75) is 55.8 Å². The minimum atomic E-state index is -0.557. The highest BCUT2D eigenvalue weighted by atomic mass is 16.5. The Hall–Kier alpha value is -6.13. The van der Waals surface area contributed by atoms with E-state index in [-0.39, 0.29) is 5.41 Å². The molecule has 3 saturated carbocycles. The third kappa shape index (κ3) is 4.42. The smallest absolute Gasteiger partial charge is 0.164 e. The second-order valence-electron chi connectivity index (χ2n) is 17.6. The Morgan fingerprint density at radius 3 is 1.96 bits per heavy atom. The van der Waals surface area contributed by atoms with E-state index >= 15 is 0 Å². The predicted octanol–water partition coefficient (Wildman–Crippen LogP) is 12.8. The standard InChI is InChI=1S/C53H41N3O/c1-2-12-37-34(11-1)28-42(39-14-4-3-13-38(37)39)50-54-49(55-51(56-50)52-26-25-32(30-52)27-33-21-22-36(33)31-52)35-23-24-48-46(29-35)53(45-19-9-10-20-47(45)57-48)43-17-7-5-15-40(43)41-16-6-8-18-44(41)53/h1-20,23-24,28-29,32-33,36H,21-22,25-27,30-31H2/t32-,33?,36?,52?/m0/s1. The first-order valence-corrected chi connectivity index (χ1v) is 21.0. The van der Waals surface area contributed by atoms with Crippen LogP contribution in [0.2, 0.25) is 0 Å². The van der Waals surface area contributed by atoms with Gasteiger partial charge in [0.2, 0.25) is 0 Å². The number of benzene rings is 7. The van der Waals surface area contributed by atoms with Crippen LogP contribution in [0, 0.1) is 17.8 Å². The number of nitrogens with zero attached hydrogens (tertiary/aromatic N) is 3. The summed E-state index contributed by atoms with van der Waals surface area (Å²) in [6.45, 7) is 0. The fourth-order valence-electron chi connectivity index (χ4n) is 12.2. The average Bonchev–Trinajstić information content (AvgIpc) is 3.79. The van der Waals surface area contributed by atoms with Gasteiger partial charge in [-0.1, -0.05) is 115 Å². The lowest BCUT2D eigenvalue weighted by Crippen LogP contribution is -2.34. The Kier molecular flexibility index (Phi) is 6.57. The largest absolute Gasteiger partial charge is 0.457 e. The van der Waals surface area contributed by atoms with Gasteiger partial charge in [-0.25, -0.2) is 15.0 Å². The summed E-state index contributed by atoms with van der Waals surface area (Å²) in [5.74, 6) is 6.70. The zero-order valence-corrected chi connectivity index (χ0v) is 31.8. The number of hydrogen-bond donors (Lipinski definition) is 0. The predicted molar refractivity (Wildman–Crippen MR) is 228 cm³/mol. The molecule has 4 aliphatic carbocycles. The van der Waals surface area contributed by atoms with Crippen LogP contribution in [0.3, 0.4) is 0 Å². The van der Waals surface area contributed by atoms with Crippen molar-refractivity contribution >= 4 is 21.5 Å². The summed E-state index contributed by atoms with van der Waals surface area (Å²) in [5, 5.41) is 4.85. The van der Waals surface area contributed by atoms with Crippen molar-refractivity contribution in [1.29, 1.82) is 0 Å². The second-order valence-corrected chi connectivity index (χ2v) is 17.6. The lowest BCUT2D eigenvalue weighted by Gasteiger charge is -2.41. The molecule has 57 heavy (non-hydrogen) atoms. The topological polar surface area (TPSA) is 47.9 Å². The van der Waals surface area contributed by atoms with Crippen LogP contribution in [-0.2, 0) is 10.8 Å². The SMILES string of the molecule is c1ccc2c(c1)Oc1ccc(-c3nc(-c4cc5ccccc5c5ccccc45)nc(C45CC[C@@H](CC6CCC6C4)C5)n3)cc1C21c2ccccc2-c2ccccc21. The van der Waals surface area contributed by atoms with Gasteiger partial charge in [0.05, 0.1) is 5.41 Å². The van der Waals surface area contributed by atoms with Crippen molar-refractivity contribution in [2.75, 3.05) is 0 Å². The first kappa shape index (κ1) is 32.0. The number of fused-ring (bicyclic) bond motifs is 15. The highest BCUT2D eigenvalue weighted by molar-refractivity contribution is 6.13. The van der Waals surface area contributed by atoms with Crippen molar-refractivity contribution in [1.82, 2.24) is 15.0 Å². The van der Waals surface area contributed by atoms with E-state index < -0.39 is 5.41 Å². The summed E-state index contributed by atoms with van der Waals surface area (Å²) in [6.07, 6.45) is 8.93. The lowest BCUT2D eigenvalue weighted by molar-refractivity contribution is 0.121. The molecule has 2 heterocycles. The van der Waals surface area contributed by atoms with Crippen molar-refractivity contribution < 1.29 is 4.74 Å². The number of ether oxygens (including phenoxy) is 1. The maximum atomic E-state index is 6.81. The van der Waals surface area contributed by atoms with Crippen LogP contribution >= 0.6 is 0 Å². The van der Waals surface area contributed by atoms with Crippen LogP contribution in [0.1, 0.15) is 73.0 Å². The number of rotatable bonds is 3. The van der Waals surface area contributed by atoms with E-state index in [0.29, 0.717) is 0 Å². The highest BCUT2D eigenvalue weighted by Crippen LogP contribution is 2.63. The molecule has 0 N–H and O–H groups in total. The molecule has 1 aliphatic heterocycles. The molecule has 0 saturated heterocycles. The Balaban J connectivity index is 1.07. The van der Waals surface area contributed by atoms with Gasteiger partial charge in [0.25, 0.3) is 0 Å². The molecule has 7 aromatic carbocycles. The fraction of sp³-hybridized carbons (Fsp3) is 0.226. The third-order valence-corrected chi connectivity index (χ3v) is 14.8. The molecule has 4 heteroatoms. The Morgan fingerprint density at radius 2 is 1.16 bits per heavy atom. The molecule has 5 aliphatic rings. The second kappa shape index (κ2) is 11.7. The average molecular weight is 736 g/mol. The third-order valence-electron chi connectivity index (χ3n) is 14.8. The minimum absolute atomic E-state index is 0.0234. The quantitative estimate of drug-likeness (QED) is 0.170. The molecule has 0 amide bonds. The van der Waals surface area contributed by atoms with E-state index in [0.717, 1.165) is 75.4 Å². The summed E-state index contributed by atoms with van der Waals surface area (Å²) in [5.41, 5.74) is 8.88. The maximum absolute atomic E-state index is 6.81. The van der Waals surface area contributed by atoms with Crippen molar-refractivity contribution in [3.8, 4) is 45.4 Å². The van der Waals surface area contributed by atoms with E-state index in [2.05, 4.69) is 146 Å². The summed E-state index contributed by atoms with van der Waals surface area (Å²) in [4.78, 5) is 16.7. The Morgan fingerprint density at radius 1 is 0.491 bits per heavy atom. The van der Waals surface area contributed by atoms with Crippen LogP contribution in [0.5, 0.6) is 11.5 Å². The maximum Gasteiger partial charge on any atom is 0.164 e. The van der Waals surface area contributed by atoms with Crippen molar-refractivity contribution in [3.05, 3.63) is 174 Å². The zero-order chi connectivity index (χ0) is 37.3. The molecule has 1 spiro atoms. The van der Waals surface area contributed by atoms with Crippen molar-refractivity contribution in [3.63, 3.8) is 0 Å². The molecule has 8 aromatic rings. The van der Waals surface area contributed by atoms with Crippen LogP contribution in [0.25, 0.3) is 55.4 Å². The van der Waals surface area contributed by atoms with Crippen molar-refractivity contribution in [2.24, 2.45) is 17.8 Å². The van der Waals surface area contributed by atoms with Gasteiger partial charge in [-0.3, -0.25) is 0 Å². The van der Waals surface area contributed by atoms with Crippen LogP contribution in [0.15, 0.2) is 146 Å². The summed E-state index contributed by atoms with van der Waals surface area (Å²) in [7, 11) is 0. The number of hydrogen-bond acceptors (Lipinski definition) is 4. The van der Waals surface area contributed by atoms with E-state index in [4.69, 9.17) is 19.7 Å². The van der Waals surface area contributed by atoms with Gasteiger partial charge in [0.1, 0.15) is 17.3 Å². The van der Waals surface area contributed by atoms with Crippen LogP contribution in [0.4, 0.5) is 0 Å². The molecular formula is C53H41N3O. The normalized spacial score (nSPS) is 23.1. The zero-order valence-electron chi connectivity index (χ0n) is 31.8. The highest BCUT2D eigenvalue weighted by Gasteiger charge is 2.53. The van der Waals surface area contributed by atoms with Gasteiger partial charge in [-0.15, -0.1) is 0 Å². The number of aromatic nitrogens is 3. The molecule has 0 radical (unpaired) electrons. The van der Waals surface area contributed by atoms with Gasteiger partial charge < -0.3 is 4.74 Å². The molecule has 4 atom stereocenters. The number of para-hydroxylation sites is 1. The van der Waals surface area contributed by atoms with Gasteiger partial charge in [0, 0.05) is 27.7 Å². The molecule has 2 bridgehead atoms. The molecule has 4 nitrogen and oxygen atoms in total. The lowest BCUT2D eigenvalue weighted by atomic mass is 9.65. The molecule has 274 valence electrons. The fourth-order valence-corrected chi connectivity index (χ4v) is 12.2. The monoisotopic (exact) mass is 735 g/mol. The van der Waals surface area contributed by atoms with E-state index in [1.165, 1.54) is 82.3 Å². The molecule has 13 rings (SSSR count). The first-order valence-electron chi connectivity index (χ1n) is 21.0. The van der Waals surface area contributed by atoms with Crippen LogP contribution in [-0.4, -0.2) is 15.0 Å². The summed E-state index contributed by atoms with van der Waals surface area (Å²) < 4.78 is 6.81. The van der Waals surface area contributed by atoms with Gasteiger partial charge >= 0.3 is 0 Å². The minimum Gasteiger partial charge on any atom is -0.457 e. The van der Waals surface area contributed by atoms with E-state index in [1.807, 2.05) is 0 Å². The van der Waals surface area contributed by atoms with Crippen LogP contribution < -0.4 is 4.74 Å². The summed E-state index contributed by atoms with van der Waals surface area (Å²) in [6, 6.07) is 52.9. The van der Waals surface area contributed by atoms with Gasteiger partial charge in [-0.05, 0) is 137 Å². The molecule has 3 unspecified atom stereocenters. The first-order chi connectivity index (χ1) is 28.2. The van der Waals surface area contributed by atoms with E-state index in [9.17, 15) is 0 Å². The van der Waals surface area contributed by atoms with Gasteiger partial charge in [-0.2, -0.15) is 0 Å². The van der Waals surface area contributed by atoms with E-state index in [1.54, 1.807) is 0 Å². The summed E-state index contributed by atoms with van der Waals surface area (Å²) >= 11 is 0. The Labute approximate surface area is 332 Å². The molecule has 3 fully saturated rings. The Bertz CT molecular complexity index is 2940. The molecular weight excluding hydrogens is 695 g/mol. The van der Waals surface area contributed by atoms with Gasteiger partial charge in [0.15, 0.2) is 11.6 Å².